The van der Waals surface area contributed by atoms with Crippen LogP contribution in [0.4, 0.5) is 14.9 Å². The van der Waals surface area contributed by atoms with Crippen molar-refractivity contribution in [3.05, 3.63) is 53.4 Å². The number of fused-ring (bicyclic) bond motifs is 1. The molecule has 3 aromatic rings. The van der Waals surface area contributed by atoms with Crippen LogP contribution in [0.3, 0.4) is 0 Å². The van der Waals surface area contributed by atoms with E-state index in [4.69, 9.17) is 16.7 Å². The van der Waals surface area contributed by atoms with E-state index in [1.807, 2.05) is 5.32 Å². The van der Waals surface area contributed by atoms with Crippen molar-refractivity contribution < 1.29 is 27.3 Å². The van der Waals surface area contributed by atoms with Gasteiger partial charge in [-0.2, -0.15) is 8.42 Å². The highest BCUT2D eigenvalue weighted by molar-refractivity contribution is 7.87. The highest BCUT2D eigenvalue weighted by Gasteiger charge is 2.21. The molecule has 0 saturated carbocycles. The van der Waals surface area contributed by atoms with E-state index in [-0.39, 0.29) is 23.8 Å². The van der Waals surface area contributed by atoms with Crippen LogP contribution in [0.1, 0.15) is 0 Å². The number of nitrogens with one attached hydrogen (secondary N) is 2. The number of hydrogen-bond acceptors (Lipinski definition) is 3. The lowest BCUT2D eigenvalue weighted by atomic mass is 10.0. The van der Waals surface area contributed by atoms with E-state index in [1.54, 1.807) is 18.3 Å². The topological polar surface area (TPSA) is 123 Å². The van der Waals surface area contributed by atoms with Gasteiger partial charge in [0, 0.05) is 34.2 Å². The van der Waals surface area contributed by atoms with Gasteiger partial charge in [0.2, 0.25) is 0 Å². The summed E-state index contributed by atoms with van der Waals surface area (Å²) < 4.78 is 47.1. The Morgan fingerprint density at radius 3 is 2.68 bits per heavy atom. The highest BCUT2D eigenvalue weighted by atomic mass is 35.5. The Balaban J connectivity index is 2.04. The molecule has 0 unspecified atom stereocenters. The first kappa shape index (κ1) is 19.9. The van der Waals surface area contributed by atoms with Crippen molar-refractivity contribution >= 4 is 44.6 Å². The van der Waals surface area contributed by atoms with E-state index in [9.17, 15) is 22.2 Å². The van der Waals surface area contributed by atoms with Gasteiger partial charge >= 0.3 is 16.4 Å². The number of halogens is 2. The third kappa shape index (κ3) is 4.35. The SMILES string of the molecule is O=C(O)NCCN(c1cc(Cl)cc(-c2c[nH]c3cc(F)ccc23)c1)S(=O)(=O)O. The van der Waals surface area contributed by atoms with Crippen molar-refractivity contribution in [1.29, 1.82) is 0 Å². The first-order chi connectivity index (χ1) is 13.1. The Kier molecular flexibility index (Phi) is 5.45. The molecule has 4 N–H and O–H groups in total. The molecule has 3 rings (SSSR count). The van der Waals surface area contributed by atoms with Gasteiger partial charge in [-0.1, -0.05) is 11.6 Å². The second-order valence-corrected chi connectivity index (χ2v) is 7.65. The fourth-order valence-electron chi connectivity index (χ4n) is 2.85. The Hall–Kier alpha value is -2.82. The molecule has 0 aliphatic carbocycles. The molecule has 8 nitrogen and oxygen atoms in total. The molecule has 0 fully saturated rings. The normalized spacial score (nSPS) is 11.5. The second kappa shape index (κ2) is 7.66. The average molecular weight is 428 g/mol. The van der Waals surface area contributed by atoms with Gasteiger partial charge in [-0.05, 0) is 42.0 Å². The first-order valence-corrected chi connectivity index (χ1v) is 9.72. The summed E-state index contributed by atoms with van der Waals surface area (Å²) in [6.45, 7) is -0.590. The minimum absolute atomic E-state index is 0.0497. The van der Waals surface area contributed by atoms with Crippen molar-refractivity contribution in [3.63, 3.8) is 0 Å². The monoisotopic (exact) mass is 427 g/mol. The maximum Gasteiger partial charge on any atom is 0.404 e. The van der Waals surface area contributed by atoms with Crippen molar-refractivity contribution in [3.8, 4) is 11.1 Å². The van der Waals surface area contributed by atoms with E-state index in [2.05, 4.69) is 4.98 Å². The molecule has 1 heterocycles. The molecule has 28 heavy (non-hydrogen) atoms. The number of carboxylic acid groups (broad SMARTS) is 1. The number of benzene rings is 2. The van der Waals surface area contributed by atoms with Gasteiger partial charge in [0.1, 0.15) is 5.82 Å². The second-order valence-electron chi connectivity index (χ2n) is 5.87. The van der Waals surface area contributed by atoms with E-state index in [0.29, 0.717) is 26.3 Å². The van der Waals surface area contributed by atoms with Crippen LogP contribution in [0.25, 0.3) is 22.0 Å². The van der Waals surface area contributed by atoms with Crippen LogP contribution in [-0.4, -0.2) is 42.2 Å². The molecule has 0 aliphatic heterocycles. The van der Waals surface area contributed by atoms with E-state index >= 15 is 0 Å². The van der Waals surface area contributed by atoms with Crippen molar-refractivity contribution in [2.24, 2.45) is 0 Å². The number of rotatable bonds is 6. The summed E-state index contributed by atoms with van der Waals surface area (Å²) >= 11 is 6.14. The van der Waals surface area contributed by atoms with E-state index in [1.165, 1.54) is 24.3 Å². The molecular formula is C17H15ClFN3O5S. The predicted octanol–water partition coefficient (Wildman–Crippen LogP) is 3.50. The number of aromatic amines is 1. The summed E-state index contributed by atoms with van der Waals surface area (Å²) in [6.07, 6.45) is 0.302. The number of carbonyl (C=O) groups is 1. The zero-order valence-electron chi connectivity index (χ0n) is 14.2. The van der Waals surface area contributed by atoms with Gasteiger partial charge in [0.25, 0.3) is 0 Å². The van der Waals surface area contributed by atoms with Crippen LogP contribution < -0.4 is 9.62 Å². The van der Waals surface area contributed by atoms with Gasteiger partial charge in [0.15, 0.2) is 0 Å². The van der Waals surface area contributed by atoms with Gasteiger partial charge in [-0.25, -0.2) is 13.5 Å². The third-order valence-corrected chi connectivity index (χ3v) is 5.16. The van der Waals surface area contributed by atoms with Gasteiger partial charge in [-0.3, -0.25) is 4.55 Å². The smallest absolute Gasteiger partial charge is 0.404 e. The van der Waals surface area contributed by atoms with Crippen LogP contribution in [0, 0.1) is 5.82 Å². The number of hydrogen-bond donors (Lipinski definition) is 4. The summed E-state index contributed by atoms with van der Waals surface area (Å²) in [4.78, 5) is 13.5. The Morgan fingerprint density at radius 2 is 2.00 bits per heavy atom. The fraction of sp³-hybridized carbons (Fsp3) is 0.118. The van der Waals surface area contributed by atoms with Crippen molar-refractivity contribution in [2.45, 2.75) is 0 Å². The fourth-order valence-corrected chi connectivity index (χ4v) is 3.78. The summed E-state index contributed by atoms with van der Waals surface area (Å²) in [5.41, 5.74) is 1.78. The minimum Gasteiger partial charge on any atom is -0.465 e. The zero-order valence-corrected chi connectivity index (χ0v) is 15.8. The largest absolute Gasteiger partial charge is 0.465 e. The summed E-state index contributed by atoms with van der Waals surface area (Å²) in [6, 6.07) is 8.60. The quantitative estimate of drug-likeness (QED) is 0.448. The third-order valence-electron chi connectivity index (χ3n) is 3.99. The first-order valence-electron chi connectivity index (χ1n) is 7.95. The molecule has 0 saturated heterocycles. The standard InChI is InChI=1S/C17H15ClFN3O5S/c18-11-5-10(15-9-21-16-8-12(19)1-2-14(15)16)6-13(7-11)22(28(25,26)27)4-3-20-17(23)24/h1-2,5-9,20-21H,3-4H2,(H,23,24)(H,25,26,27). The molecule has 11 heteroatoms. The van der Waals surface area contributed by atoms with Gasteiger partial charge in [-0.15, -0.1) is 0 Å². The van der Waals surface area contributed by atoms with Crippen LogP contribution in [0.2, 0.25) is 5.02 Å². The van der Waals surface area contributed by atoms with Crippen molar-refractivity contribution in [1.82, 2.24) is 10.3 Å². The molecule has 0 aliphatic rings. The summed E-state index contributed by atoms with van der Waals surface area (Å²) in [5, 5.41) is 11.6. The minimum atomic E-state index is -4.68. The number of H-pyrrole nitrogens is 1. The molecule has 0 atom stereocenters. The number of aromatic nitrogens is 1. The number of anilines is 1. The summed E-state index contributed by atoms with van der Waals surface area (Å²) in [7, 11) is -4.68. The molecule has 148 valence electrons. The van der Waals surface area contributed by atoms with Crippen LogP contribution in [0.5, 0.6) is 0 Å². The molecule has 0 spiro atoms. The Bertz CT molecular complexity index is 1150. The summed E-state index contributed by atoms with van der Waals surface area (Å²) in [5.74, 6) is -0.406. The molecular weight excluding hydrogens is 413 g/mol. The number of amides is 1. The van der Waals surface area contributed by atoms with E-state index < -0.39 is 22.2 Å². The van der Waals surface area contributed by atoms with Crippen LogP contribution in [-0.2, 0) is 10.3 Å². The van der Waals surface area contributed by atoms with Gasteiger partial charge < -0.3 is 15.4 Å². The highest BCUT2D eigenvalue weighted by Crippen LogP contribution is 2.34. The Labute approximate surface area is 164 Å². The van der Waals surface area contributed by atoms with Gasteiger partial charge in [0.05, 0.1) is 12.2 Å². The molecule has 2 aromatic carbocycles. The van der Waals surface area contributed by atoms with Crippen LogP contribution >= 0.6 is 11.6 Å². The maximum atomic E-state index is 13.4. The number of nitrogens with zero attached hydrogens (tertiary/aromatic N) is 1. The van der Waals surface area contributed by atoms with Crippen LogP contribution in [0.15, 0.2) is 42.6 Å². The Morgan fingerprint density at radius 1 is 1.25 bits per heavy atom. The zero-order chi connectivity index (χ0) is 20.5. The average Bonchev–Trinajstić information content (AvgIpc) is 2.99. The lowest BCUT2D eigenvalue weighted by molar-refractivity contribution is 0.195. The molecule has 0 bridgehead atoms. The molecule has 1 aromatic heterocycles. The maximum absolute atomic E-state index is 13.4. The predicted molar refractivity (Wildman–Crippen MR) is 104 cm³/mol. The lowest BCUT2D eigenvalue weighted by Gasteiger charge is -2.21. The molecule has 1 amide bonds. The van der Waals surface area contributed by atoms with E-state index in [0.717, 1.165) is 0 Å². The van der Waals surface area contributed by atoms with Crippen molar-refractivity contribution in [2.75, 3.05) is 17.4 Å². The lowest BCUT2D eigenvalue weighted by Crippen LogP contribution is -2.38. The molecule has 0 radical (unpaired) electrons.